The van der Waals surface area contributed by atoms with E-state index in [4.69, 9.17) is 0 Å². The van der Waals surface area contributed by atoms with Crippen LogP contribution in [0, 0.1) is 0 Å². The molecule has 2 amide bonds. The van der Waals surface area contributed by atoms with Crippen molar-refractivity contribution in [2.24, 2.45) is 0 Å². The van der Waals surface area contributed by atoms with E-state index in [2.05, 4.69) is 15.7 Å². The van der Waals surface area contributed by atoms with Gasteiger partial charge in [-0.05, 0) is 17.0 Å². The van der Waals surface area contributed by atoms with Crippen molar-refractivity contribution in [1.29, 1.82) is 0 Å². The fourth-order valence-corrected chi connectivity index (χ4v) is 2.94. The van der Waals surface area contributed by atoms with Crippen molar-refractivity contribution in [3.8, 4) is 0 Å². The van der Waals surface area contributed by atoms with Crippen molar-refractivity contribution in [2.45, 2.75) is 12.6 Å². The first-order valence-corrected chi connectivity index (χ1v) is 8.41. The molecule has 0 aliphatic carbocycles. The molecule has 0 fully saturated rings. The number of amides is 2. The van der Waals surface area contributed by atoms with Crippen LogP contribution in [0.3, 0.4) is 0 Å². The van der Waals surface area contributed by atoms with Crippen LogP contribution >= 0.6 is 11.3 Å². The van der Waals surface area contributed by atoms with Gasteiger partial charge in [0.05, 0.1) is 25.0 Å². The van der Waals surface area contributed by atoms with Gasteiger partial charge in [-0.3, -0.25) is 4.68 Å². The molecule has 1 aromatic carbocycles. The highest BCUT2D eigenvalue weighted by atomic mass is 32.1. The molecule has 3 aromatic rings. The van der Waals surface area contributed by atoms with Crippen LogP contribution in [0.2, 0.25) is 0 Å². The lowest BCUT2D eigenvalue weighted by Gasteiger charge is -2.10. The van der Waals surface area contributed by atoms with E-state index in [9.17, 15) is 9.90 Å². The Labute approximate surface area is 143 Å². The van der Waals surface area contributed by atoms with Gasteiger partial charge in [-0.2, -0.15) is 5.10 Å². The number of nitrogens with zero attached hydrogens (tertiary/aromatic N) is 2. The number of aliphatic hydroxyl groups excluding tert-OH is 1. The van der Waals surface area contributed by atoms with E-state index in [-0.39, 0.29) is 12.6 Å². The van der Waals surface area contributed by atoms with Crippen molar-refractivity contribution in [3.63, 3.8) is 0 Å². The fraction of sp³-hybridized carbons (Fsp3) is 0.176. The number of rotatable bonds is 6. The van der Waals surface area contributed by atoms with E-state index >= 15 is 0 Å². The van der Waals surface area contributed by atoms with Gasteiger partial charge in [0, 0.05) is 11.1 Å². The fourth-order valence-electron chi connectivity index (χ4n) is 2.23. The average Bonchev–Trinajstić information content (AvgIpc) is 3.26. The Morgan fingerprint density at radius 2 is 2.08 bits per heavy atom. The van der Waals surface area contributed by atoms with Gasteiger partial charge in [-0.1, -0.05) is 36.4 Å². The second-order valence-corrected chi connectivity index (χ2v) is 6.26. The lowest BCUT2D eigenvalue weighted by Crippen LogP contribution is -2.32. The number of nitrogens with one attached hydrogen (secondary N) is 2. The zero-order valence-electron chi connectivity index (χ0n) is 12.9. The van der Waals surface area contributed by atoms with E-state index in [0.717, 1.165) is 10.4 Å². The van der Waals surface area contributed by atoms with Crippen molar-refractivity contribution >= 4 is 23.1 Å². The Morgan fingerprint density at radius 3 is 2.83 bits per heavy atom. The lowest BCUT2D eigenvalue weighted by atomic mass is 10.2. The minimum atomic E-state index is -0.698. The molecule has 124 valence electrons. The second-order valence-electron chi connectivity index (χ2n) is 5.28. The highest BCUT2D eigenvalue weighted by Crippen LogP contribution is 2.17. The number of aliphatic hydroxyl groups is 1. The molecule has 2 aromatic heterocycles. The molecule has 0 saturated carbocycles. The Balaban J connectivity index is 1.48. The van der Waals surface area contributed by atoms with Crippen molar-refractivity contribution in [1.82, 2.24) is 15.1 Å². The third-order valence-electron chi connectivity index (χ3n) is 3.41. The van der Waals surface area contributed by atoms with Crippen LogP contribution in [0.25, 0.3) is 0 Å². The van der Waals surface area contributed by atoms with E-state index < -0.39 is 6.10 Å². The molecule has 0 aliphatic rings. The standard InChI is InChI=1S/C17H18N4O2S/c22-15(16-7-4-8-24-16)10-18-17(23)20-14-9-19-21(12-14)11-13-5-2-1-3-6-13/h1-9,12,15,22H,10-11H2,(H2,18,20,23). The minimum absolute atomic E-state index is 0.157. The predicted octanol–water partition coefficient (Wildman–Crippen LogP) is 2.85. The summed E-state index contributed by atoms with van der Waals surface area (Å²) in [5, 5.41) is 21.4. The van der Waals surface area contributed by atoms with Crippen LogP contribution in [0.4, 0.5) is 10.5 Å². The highest BCUT2D eigenvalue weighted by molar-refractivity contribution is 7.10. The summed E-state index contributed by atoms with van der Waals surface area (Å²) in [6.07, 6.45) is 2.66. The summed E-state index contributed by atoms with van der Waals surface area (Å²) in [6.45, 7) is 0.797. The van der Waals surface area contributed by atoms with Gasteiger partial charge in [0.2, 0.25) is 0 Å². The molecule has 1 atom stereocenters. The molecular weight excluding hydrogens is 324 g/mol. The molecule has 3 rings (SSSR count). The van der Waals surface area contributed by atoms with Crippen LogP contribution in [0.15, 0.2) is 60.2 Å². The van der Waals surface area contributed by atoms with Crippen molar-refractivity contribution in [3.05, 3.63) is 70.7 Å². The molecule has 0 spiro atoms. The first-order chi connectivity index (χ1) is 11.7. The number of carbonyl (C=O) groups is 1. The maximum Gasteiger partial charge on any atom is 0.319 e. The molecule has 24 heavy (non-hydrogen) atoms. The third kappa shape index (κ3) is 4.43. The van der Waals surface area contributed by atoms with Gasteiger partial charge in [0.25, 0.3) is 0 Å². The lowest BCUT2D eigenvalue weighted by molar-refractivity contribution is 0.178. The van der Waals surface area contributed by atoms with Crippen LogP contribution < -0.4 is 10.6 Å². The Hall–Kier alpha value is -2.64. The first kappa shape index (κ1) is 16.2. The SMILES string of the molecule is O=C(NCC(O)c1cccs1)Nc1cnn(Cc2ccccc2)c1. The third-order valence-corrected chi connectivity index (χ3v) is 4.38. The molecular formula is C17H18N4O2S. The van der Waals surface area contributed by atoms with Gasteiger partial charge in [0.15, 0.2) is 0 Å². The second kappa shape index (κ2) is 7.76. The smallest absolute Gasteiger partial charge is 0.319 e. The van der Waals surface area contributed by atoms with E-state index in [1.807, 2.05) is 47.8 Å². The average molecular weight is 342 g/mol. The number of thiophene rings is 1. The highest BCUT2D eigenvalue weighted by Gasteiger charge is 2.11. The summed E-state index contributed by atoms with van der Waals surface area (Å²) in [5.74, 6) is 0. The summed E-state index contributed by atoms with van der Waals surface area (Å²) in [6, 6.07) is 13.3. The number of hydrogen-bond donors (Lipinski definition) is 3. The molecule has 2 heterocycles. The molecule has 7 heteroatoms. The van der Waals surface area contributed by atoms with Gasteiger partial charge in [-0.25, -0.2) is 4.79 Å². The number of urea groups is 1. The molecule has 0 saturated heterocycles. The van der Waals surface area contributed by atoms with Gasteiger partial charge in [0.1, 0.15) is 6.10 Å². The predicted molar refractivity (Wildman–Crippen MR) is 94.1 cm³/mol. The summed E-state index contributed by atoms with van der Waals surface area (Å²) >= 11 is 1.46. The summed E-state index contributed by atoms with van der Waals surface area (Å²) < 4.78 is 1.76. The molecule has 3 N–H and O–H groups in total. The normalized spacial score (nSPS) is 11.9. The zero-order valence-corrected chi connectivity index (χ0v) is 13.7. The van der Waals surface area contributed by atoms with E-state index in [1.165, 1.54) is 11.3 Å². The molecule has 0 aliphatic heterocycles. The maximum atomic E-state index is 11.9. The van der Waals surface area contributed by atoms with Gasteiger partial charge in [-0.15, -0.1) is 11.3 Å². The summed E-state index contributed by atoms with van der Waals surface area (Å²) in [7, 11) is 0. The number of aromatic nitrogens is 2. The van der Waals surface area contributed by atoms with E-state index in [0.29, 0.717) is 12.2 Å². The van der Waals surface area contributed by atoms with Crippen LogP contribution in [0.1, 0.15) is 16.5 Å². The van der Waals surface area contributed by atoms with Gasteiger partial charge >= 0.3 is 6.03 Å². The Morgan fingerprint density at radius 1 is 1.25 bits per heavy atom. The molecule has 6 nitrogen and oxygen atoms in total. The van der Waals surface area contributed by atoms with E-state index in [1.54, 1.807) is 17.1 Å². The summed E-state index contributed by atoms with van der Waals surface area (Å²) in [5.41, 5.74) is 1.74. The number of carbonyl (C=O) groups excluding carboxylic acids is 1. The van der Waals surface area contributed by atoms with Crippen LogP contribution in [-0.4, -0.2) is 27.5 Å². The molecule has 0 bridgehead atoms. The van der Waals surface area contributed by atoms with Crippen LogP contribution in [0.5, 0.6) is 0 Å². The molecule has 0 radical (unpaired) electrons. The van der Waals surface area contributed by atoms with Crippen molar-refractivity contribution in [2.75, 3.05) is 11.9 Å². The monoisotopic (exact) mass is 342 g/mol. The van der Waals surface area contributed by atoms with Gasteiger partial charge < -0.3 is 15.7 Å². The number of anilines is 1. The zero-order chi connectivity index (χ0) is 16.8. The largest absolute Gasteiger partial charge is 0.386 e. The first-order valence-electron chi connectivity index (χ1n) is 7.53. The Kier molecular flexibility index (Phi) is 5.25. The summed E-state index contributed by atoms with van der Waals surface area (Å²) in [4.78, 5) is 12.7. The maximum absolute atomic E-state index is 11.9. The minimum Gasteiger partial charge on any atom is -0.386 e. The molecule has 1 unspecified atom stereocenters. The number of benzene rings is 1. The Bertz CT molecular complexity index is 771. The topological polar surface area (TPSA) is 79.2 Å². The quantitative estimate of drug-likeness (QED) is 0.644. The number of hydrogen-bond acceptors (Lipinski definition) is 4. The van der Waals surface area contributed by atoms with Crippen LogP contribution in [-0.2, 0) is 6.54 Å². The van der Waals surface area contributed by atoms with Crippen molar-refractivity contribution < 1.29 is 9.90 Å².